The van der Waals surface area contributed by atoms with Gasteiger partial charge in [0.05, 0.1) is 23.6 Å². The van der Waals surface area contributed by atoms with E-state index in [1.165, 1.54) is 0 Å². The normalized spacial score (nSPS) is 20.2. The number of aromatic nitrogens is 3. The molecule has 1 N–H and O–H groups in total. The van der Waals surface area contributed by atoms with Gasteiger partial charge in [-0.1, -0.05) is 18.2 Å². The number of benzene rings is 1. The molecule has 3 heterocycles. The summed E-state index contributed by atoms with van der Waals surface area (Å²) in [6.45, 7) is 1.44. The van der Waals surface area contributed by atoms with Crippen molar-refractivity contribution in [3.8, 4) is 0 Å². The van der Waals surface area contributed by atoms with Crippen LogP contribution in [0.25, 0.3) is 11.0 Å². The van der Waals surface area contributed by atoms with E-state index in [4.69, 9.17) is 4.98 Å². The highest BCUT2D eigenvalue weighted by molar-refractivity contribution is 5.79. The maximum absolute atomic E-state index is 12.2. The molecule has 1 aromatic carbocycles. The van der Waals surface area contributed by atoms with Crippen molar-refractivity contribution in [2.45, 2.75) is 19.0 Å². The number of imidazole rings is 1. The molecule has 0 saturated carbocycles. The quantitative estimate of drug-likeness (QED) is 0.768. The van der Waals surface area contributed by atoms with Gasteiger partial charge in [0.25, 0.3) is 0 Å². The molecule has 2 atom stereocenters. The van der Waals surface area contributed by atoms with Gasteiger partial charge in [0.1, 0.15) is 5.82 Å². The van der Waals surface area contributed by atoms with Crippen LogP contribution in [0.5, 0.6) is 0 Å². The summed E-state index contributed by atoms with van der Waals surface area (Å²) in [5.74, 6) is 1.42. The SMILES string of the molecule is CN1C(=O)C[C@@H](CNCc2nc3ccccc3n2C)[C@@H]1c1cccnc1. The Balaban J connectivity index is 1.46. The van der Waals surface area contributed by atoms with Crippen molar-refractivity contribution in [2.75, 3.05) is 13.6 Å². The van der Waals surface area contributed by atoms with Crippen molar-refractivity contribution in [3.63, 3.8) is 0 Å². The third-order valence-corrected chi connectivity index (χ3v) is 5.29. The zero-order valence-corrected chi connectivity index (χ0v) is 15.1. The van der Waals surface area contributed by atoms with Crippen LogP contribution in [0.2, 0.25) is 0 Å². The predicted octanol–water partition coefficient (Wildman–Crippen LogP) is 2.28. The number of nitrogens with one attached hydrogen (secondary N) is 1. The van der Waals surface area contributed by atoms with Crippen LogP contribution in [0.3, 0.4) is 0 Å². The van der Waals surface area contributed by atoms with Gasteiger partial charge in [-0.25, -0.2) is 4.98 Å². The Morgan fingerprint density at radius 1 is 1.19 bits per heavy atom. The molecule has 0 spiro atoms. The molecule has 0 bridgehead atoms. The lowest BCUT2D eigenvalue weighted by molar-refractivity contribution is -0.127. The second-order valence-corrected chi connectivity index (χ2v) is 6.91. The molecule has 26 heavy (non-hydrogen) atoms. The molecule has 3 aromatic rings. The van der Waals surface area contributed by atoms with E-state index in [9.17, 15) is 4.79 Å². The van der Waals surface area contributed by atoms with E-state index in [1.54, 1.807) is 6.20 Å². The molecule has 0 radical (unpaired) electrons. The van der Waals surface area contributed by atoms with Gasteiger partial charge in [-0.2, -0.15) is 0 Å². The highest BCUT2D eigenvalue weighted by Crippen LogP contribution is 2.36. The van der Waals surface area contributed by atoms with Gasteiger partial charge < -0.3 is 14.8 Å². The van der Waals surface area contributed by atoms with Crippen LogP contribution in [-0.4, -0.2) is 38.9 Å². The third-order valence-electron chi connectivity index (χ3n) is 5.29. The fraction of sp³-hybridized carbons (Fsp3) is 0.350. The minimum atomic E-state index is 0.0733. The molecule has 134 valence electrons. The van der Waals surface area contributed by atoms with Crippen LogP contribution in [-0.2, 0) is 18.4 Å². The molecule has 2 aromatic heterocycles. The Hall–Kier alpha value is -2.73. The first-order chi connectivity index (χ1) is 12.6. The lowest BCUT2D eigenvalue weighted by Crippen LogP contribution is -2.29. The fourth-order valence-corrected chi connectivity index (χ4v) is 3.90. The van der Waals surface area contributed by atoms with E-state index >= 15 is 0 Å². The topological polar surface area (TPSA) is 63.1 Å². The number of amides is 1. The average Bonchev–Trinajstić information content (AvgIpc) is 3.13. The summed E-state index contributed by atoms with van der Waals surface area (Å²) in [4.78, 5) is 23.0. The second-order valence-electron chi connectivity index (χ2n) is 6.91. The number of likely N-dealkylation sites (tertiary alicyclic amines) is 1. The summed E-state index contributed by atoms with van der Waals surface area (Å²) in [6, 6.07) is 12.2. The molecule has 4 rings (SSSR count). The molecule has 6 heteroatoms. The van der Waals surface area contributed by atoms with Crippen LogP contribution < -0.4 is 5.32 Å². The van der Waals surface area contributed by atoms with Crippen LogP contribution in [0, 0.1) is 5.92 Å². The number of fused-ring (bicyclic) bond motifs is 1. The lowest BCUT2D eigenvalue weighted by Gasteiger charge is -2.25. The molecule has 0 unspecified atom stereocenters. The molecule has 1 aliphatic heterocycles. The van der Waals surface area contributed by atoms with Crippen molar-refractivity contribution in [1.29, 1.82) is 0 Å². The predicted molar refractivity (Wildman–Crippen MR) is 100 cm³/mol. The van der Waals surface area contributed by atoms with Crippen LogP contribution >= 0.6 is 0 Å². The fourth-order valence-electron chi connectivity index (χ4n) is 3.90. The summed E-state index contributed by atoms with van der Waals surface area (Å²) >= 11 is 0. The molecule has 1 amide bonds. The number of para-hydroxylation sites is 2. The second kappa shape index (κ2) is 6.88. The van der Waals surface area contributed by atoms with E-state index in [0.717, 1.165) is 29.0 Å². The largest absolute Gasteiger partial charge is 0.338 e. The smallest absolute Gasteiger partial charge is 0.223 e. The summed E-state index contributed by atoms with van der Waals surface area (Å²) in [7, 11) is 3.92. The number of pyridine rings is 1. The Morgan fingerprint density at radius 3 is 2.81 bits per heavy atom. The van der Waals surface area contributed by atoms with E-state index < -0.39 is 0 Å². The van der Waals surface area contributed by atoms with Gasteiger partial charge in [-0.05, 0) is 23.8 Å². The molecular weight excluding hydrogens is 326 g/mol. The lowest BCUT2D eigenvalue weighted by atomic mass is 9.95. The zero-order valence-electron chi connectivity index (χ0n) is 15.1. The van der Waals surface area contributed by atoms with E-state index in [-0.39, 0.29) is 17.9 Å². The van der Waals surface area contributed by atoms with Crippen LogP contribution in [0.15, 0.2) is 48.8 Å². The Bertz CT molecular complexity index is 920. The van der Waals surface area contributed by atoms with Gasteiger partial charge in [0, 0.05) is 45.4 Å². The number of hydrogen-bond acceptors (Lipinski definition) is 4. The minimum absolute atomic E-state index is 0.0733. The summed E-state index contributed by atoms with van der Waals surface area (Å²) in [6.07, 6.45) is 4.18. The van der Waals surface area contributed by atoms with Crippen LogP contribution in [0.4, 0.5) is 0 Å². The van der Waals surface area contributed by atoms with E-state index in [0.29, 0.717) is 13.0 Å². The number of nitrogens with zero attached hydrogens (tertiary/aromatic N) is 4. The van der Waals surface area contributed by atoms with Crippen molar-refractivity contribution in [2.24, 2.45) is 13.0 Å². The summed E-state index contributed by atoms with van der Waals surface area (Å²) in [5, 5.41) is 3.50. The third kappa shape index (κ3) is 2.97. The van der Waals surface area contributed by atoms with Gasteiger partial charge in [0.2, 0.25) is 5.91 Å². The molecule has 6 nitrogen and oxygen atoms in total. The summed E-state index contributed by atoms with van der Waals surface area (Å²) < 4.78 is 2.12. The van der Waals surface area contributed by atoms with Gasteiger partial charge in [0.15, 0.2) is 0 Å². The standard InChI is InChI=1S/C20H23N5O/c1-24-17-8-4-3-7-16(17)23-18(24)13-22-12-15-10-19(26)25(2)20(15)14-6-5-9-21-11-14/h3-9,11,15,20,22H,10,12-13H2,1-2H3/t15-,20-/m0/s1. The highest BCUT2D eigenvalue weighted by Gasteiger charge is 2.38. The van der Waals surface area contributed by atoms with E-state index in [1.807, 2.05) is 55.5 Å². The van der Waals surface area contributed by atoms with Crippen molar-refractivity contribution < 1.29 is 4.79 Å². The average molecular weight is 349 g/mol. The minimum Gasteiger partial charge on any atom is -0.338 e. The number of hydrogen-bond donors (Lipinski definition) is 1. The van der Waals surface area contributed by atoms with Crippen molar-refractivity contribution >= 4 is 16.9 Å². The monoisotopic (exact) mass is 349 g/mol. The molecule has 0 aliphatic carbocycles. The number of carbonyl (C=O) groups excluding carboxylic acids is 1. The van der Waals surface area contributed by atoms with Crippen LogP contribution in [0.1, 0.15) is 23.9 Å². The molecule has 1 aliphatic rings. The Labute approximate surface area is 152 Å². The first-order valence-corrected chi connectivity index (χ1v) is 8.92. The Kier molecular flexibility index (Phi) is 4.42. The first kappa shape index (κ1) is 16.7. The number of aryl methyl sites for hydroxylation is 1. The summed E-state index contributed by atoms with van der Waals surface area (Å²) in [5.41, 5.74) is 3.24. The Morgan fingerprint density at radius 2 is 2.04 bits per heavy atom. The molecule has 1 fully saturated rings. The first-order valence-electron chi connectivity index (χ1n) is 8.92. The van der Waals surface area contributed by atoms with Gasteiger partial charge in [-0.3, -0.25) is 9.78 Å². The van der Waals surface area contributed by atoms with Gasteiger partial charge in [-0.15, -0.1) is 0 Å². The maximum Gasteiger partial charge on any atom is 0.223 e. The van der Waals surface area contributed by atoms with Crippen molar-refractivity contribution in [3.05, 3.63) is 60.2 Å². The number of rotatable bonds is 5. The highest BCUT2D eigenvalue weighted by atomic mass is 16.2. The molecule has 1 saturated heterocycles. The number of carbonyl (C=O) groups is 1. The zero-order chi connectivity index (χ0) is 18.1. The maximum atomic E-state index is 12.2. The molecular formula is C20H23N5O. The van der Waals surface area contributed by atoms with Gasteiger partial charge >= 0.3 is 0 Å². The van der Waals surface area contributed by atoms with Crippen molar-refractivity contribution in [1.82, 2.24) is 24.8 Å². The van der Waals surface area contributed by atoms with E-state index in [2.05, 4.69) is 20.9 Å².